The number of hydrogen-bond donors (Lipinski definition) is 3. The van der Waals surface area contributed by atoms with Crippen molar-refractivity contribution in [2.24, 2.45) is 17.3 Å². The monoisotopic (exact) mass is 322 g/mol. The molecule has 0 spiro atoms. The highest BCUT2D eigenvalue weighted by Crippen LogP contribution is 2.50. The molecule has 0 bridgehead atoms. The fourth-order valence-corrected chi connectivity index (χ4v) is 4.17. The Morgan fingerprint density at radius 3 is 1.57 bits per heavy atom. The molecule has 1 unspecified atom stereocenters. The minimum Gasteiger partial charge on any atom is -0.508 e. The molecule has 1 aromatic rings. The van der Waals surface area contributed by atoms with E-state index in [2.05, 4.69) is 13.8 Å². The van der Waals surface area contributed by atoms with E-state index in [1.807, 2.05) is 13.8 Å². The highest BCUT2D eigenvalue weighted by Gasteiger charge is 2.39. The summed E-state index contributed by atoms with van der Waals surface area (Å²) < 4.78 is 0. The Bertz CT molecular complexity index is 411. The highest BCUT2D eigenvalue weighted by molar-refractivity contribution is 5.39. The van der Waals surface area contributed by atoms with Gasteiger partial charge in [-0.2, -0.15) is 0 Å². The molecule has 3 N–H and O–H groups in total. The molecule has 3 rings (SSSR count). The van der Waals surface area contributed by atoms with Crippen molar-refractivity contribution in [1.29, 1.82) is 0 Å². The molecule has 0 amide bonds. The Hall–Kier alpha value is -1.38. The van der Waals surface area contributed by atoms with Gasteiger partial charge in [-0.3, -0.25) is 0 Å². The van der Waals surface area contributed by atoms with Crippen LogP contribution in [0.4, 0.5) is 0 Å². The molecule has 2 aliphatic carbocycles. The van der Waals surface area contributed by atoms with Crippen LogP contribution in [0.25, 0.3) is 0 Å². The molecule has 0 aliphatic heterocycles. The first-order valence-corrected chi connectivity index (χ1v) is 9.10. The van der Waals surface area contributed by atoms with Crippen LogP contribution in [0.5, 0.6) is 17.2 Å². The molecule has 3 nitrogen and oxygen atoms in total. The third kappa shape index (κ3) is 5.96. The predicted octanol–water partition coefficient (Wildman–Crippen LogP) is 5.83. The zero-order valence-electron chi connectivity index (χ0n) is 15.2. The second-order valence-electron chi connectivity index (χ2n) is 7.24. The fourth-order valence-electron chi connectivity index (χ4n) is 4.17. The van der Waals surface area contributed by atoms with Crippen molar-refractivity contribution >= 4 is 0 Å². The van der Waals surface area contributed by atoms with Crippen molar-refractivity contribution in [3.63, 3.8) is 0 Å². The van der Waals surface area contributed by atoms with Crippen LogP contribution >= 0.6 is 0 Å². The number of phenolic OH excluding ortho intramolecular Hbond substituents is 3. The largest absolute Gasteiger partial charge is 0.508 e. The molecular formula is C20H34O3. The zero-order valence-corrected chi connectivity index (χ0v) is 15.2. The van der Waals surface area contributed by atoms with Crippen molar-refractivity contribution in [1.82, 2.24) is 0 Å². The van der Waals surface area contributed by atoms with Crippen LogP contribution in [0.1, 0.15) is 72.6 Å². The van der Waals surface area contributed by atoms with Gasteiger partial charge in [0, 0.05) is 18.2 Å². The lowest BCUT2D eigenvalue weighted by Gasteiger charge is -2.31. The van der Waals surface area contributed by atoms with Crippen LogP contribution in [0.2, 0.25) is 0 Å². The third-order valence-corrected chi connectivity index (χ3v) is 5.20. The lowest BCUT2D eigenvalue weighted by Crippen LogP contribution is -2.23. The molecule has 1 aromatic carbocycles. The number of benzene rings is 1. The van der Waals surface area contributed by atoms with Gasteiger partial charge in [-0.25, -0.2) is 0 Å². The van der Waals surface area contributed by atoms with Crippen LogP contribution in [-0.4, -0.2) is 15.3 Å². The smallest absolute Gasteiger partial charge is 0.122 e. The minimum absolute atomic E-state index is 0.146. The van der Waals surface area contributed by atoms with Crippen LogP contribution < -0.4 is 0 Å². The van der Waals surface area contributed by atoms with Gasteiger partial charge < -0.3 is 15.3 Å². The summed E-state index contributed by atoms with van der Waals surface area (Å²) in [5.74, 6) is 1.73. The van der Waals surface area contributed by atoms with Gasteiger partial charge in [-0.05, 0) is 30.1 Å². The van der Waals surface area contributed by atoms with E-state index < -0.39 is 0 Å². The Kier molecular flexibility index (Phi) is 7.74. The van der Waals surface area contributed by atoms with Gasteiger partial charge in [-0.15, -0.1) is 0 Å². The van der Waals surface area contributed by atoms with E-state index in [0.29, 0.717) is 5.41 Å². The molecule has 3 heteroatoms. The van der Waals surface area contributed by atoms with Crippen LogP contribution in [0.3, 0.4) is 0 Å². The molecule has 0 saturated heterocycles. The van der Waals surface area contributed by atoms with Crippen LogP contribution in [-0.2, 0) is 0 Å². The first-order chi connectivity index (χ1) is 10.9. The number of aromatic hydroxyl groups is 3. The Morgan fingerprint density at radius 1 is 0.783 bits per heavy atom. The maximum absolute atomic E-state index is 8.67. The summed E-state index contributed by atoms with van der Waals surface area (Å²) in [6, 6.07) is 3.42. The number of rotatable bonds is 1. The molecule has 0 heterocycles. The molecule has 2 fully saturated rings. The van der Waals surface area contributed by atoms with Gasteiger partial charge >= 0.3 is 0 Å². The predicted molar refractivity (Wildman–Crippen MR) is 95.9 cm³/mol. The Labute approximate surface area is 141 Å². The second-order valence-corrected chi connectivity index (χ2v) is 7.24. The fraction of sp³-hybridized carbons (Fsp3) is 0.700. The van der Waals surface area contributed by atoms with Crippen molar-refractivity contribution in [2.45, 2.75) is 72.6 Å². The summed E-state index contributed by atoms with van der Waals surface area (Å²) in [5, 5.41) is 26.0. The maximum atomic E-state index is 8.67. The average Bonchev–Trinajstić information content (AvgIpc) is 3.08. The molecule has 0 aromatic heterocycles. The summed E-state index contributed by atoms with van der Waals surface area (Å²) in [6.45, 7) is 8.98. The second kappa shape index (κ2) is 9.05. The van der Waals surface area contributed by atoms with Gasteiger partial charge in [0.1, 0.15) is 17.2 Å². The van der Waals surface area contributed by atoms with Crippen LogP contribution in [0, 0.1) is 17.3 Å². The summed E-state index contributed by atoms with van der Waals surface area (Å²) in [6.07, 6.45) is 10.6. The Balaban J connectivity index is 0.000000215. The normalized spacial score (nSPS) is 22.7. The van der Waals surface area contributed by atoms with Crippen molar-refractivity contribution in [2.75, 3.05) is 0 Å². The van der Waals surface area contributed by atoms with E-state index >= 15 is 0 Å². The van der Waals surface area contributed by atoms with Crippen molar-refractivity contribution in [3.05, 3.63) is 18.2 Å². The quantitative estimate of drug-likeness (QED) is 0.609. The van der Waals surface area contributed by atoms with Gasteiger partial charge in [0.05, 0.1) is 0 Å². The van der Waals surface area contributed by atoms with Gasteiger partial charge in [0.25, 0.3) is 0 Å². The number of phenols is 3. The molecule has 132 valence electrons. The maximum Gasteiger partial charge on any atom is 0.122 e. The third-order valence-electron chi connectivity index (χ3n) is 5.20. The van der Waals surface area contributed by atoms with Gasteiger partial charge in [0.2, 0.25) is 0 Å². The first kappa shape index (κ1) is 19.7. The minimum atomic E-state index is -0.146. The van der Waals surface area contributed by atoms with Crippen molar-refractivity contribution < 1.29 is 15.3 Å². The van der Waals surface area contributed by atoms with E-state index in [1.54, 1.807) is 0 Å². The van der Waals surface area contributed by atoms with E-state index in [9.17, 15) is 0 Å². The van der Waals surface area contributed by atoms with Crippen molar-refractivity contribution in [3.8, 4) is 17.2 Å². The topological polar surface area (TPSA) is 60.7 Å². The van der Waals surface area contributed by atoms with Gasteiger partial charge in [-0.1, -0.05) is 59.8 Å². The zero-order chi connectivity index (χ0) is 17.5. The number of hydrogen-bond acceptors (Lipinski definition) is 3. The lowest BCUT2D eigenvalue weighted by molar-refractivity contribution is 0.179. The molecule has 2 aliphatic rings. The summed E-state index contributed by atoms with van der Waals surface area (Å²) in [7, 11) is 0. The standard InChI is InChI=1S/C12H22.C6H6O3.C2H6/c1-12(2)9-5-8-11(12)10-6-3-4-7-10;7-4-1-5(8)3-6(9)2-4;1-2/h10-11H,3-9H2,1-2H3;1-3,7-9H;1-2H3. The molecular weight excluding hydrogens is 288 g/mol. The summed E-state index contributed by atoms with van der Waals surface area (Å²) >= 11 is 0. The lowest BCUT2D eigenvalue weighted by atomic mass is 9.74. The average molecular weight is 322 g/mol. The SMILES string of the molecule is CC.CC1(C)CCCC1C1CCCC1.Oc1cc(O)cc(O)c1. The molecule has 23 heavy (non-hydrogen) atoms. The molecule has 0 radical (unpaired) electrons. The van der Waals surface area contributed by atoms with Gasteiger partial charge in [0.15, 0.2) is 0 Å². The molecule has 2 saturated carbocycles. The summed E-state index contributed by atoms with van der Waals surface area (Å²) in [5.41, 5.74) is 0.676. The Morgan fingerprint density at radius 2 is 1.22 bits per heavy atom. The van der Waals surface area contributed by atoms with Crippen LogP contribution in [0.15, 0.2) is 18.2 Å². The van der Waals surface area contributed by atoms with E-state index in [4.69, 9.17) is 15.3 Å². The molecule has 1 atom stereocenters. The van der Waals surface area contributed by atoms with E-state index in [-0.39, 0.29) is 17.2 Å². The first-order valence-electron chi connectivity index (χ1n) is 9.10. The van der Waals surface area contributed by atoms with E-state index in [0.717, 1.165) is 30.0 Å². The highest BCUT2D eigenvalue weighted by atomic mass is 16.3. The summed E-state index contributed by atoms with van der Waals surface area (Å²) in [4.78, 5) is 0. The van der Waals surface area contributed by atoms with E-state index in [1.165, 1.54) is 44.9 Å².